The fourth-order valence-electron chi connectivity index (χ4n) is 1.72. The molecule has 0 spiro atoms. The summed E-state index contributed by atoms with van der Waals surface area (Å²) < 4.78 is 0.745. The molecule has 1 heterocycles. The summed E-state index contributed by atoms with van der Waals surface area (Å²) in [7, 11) is 0. The Morgan fingerprint density at radius 2 is 2.11 bits per heavy atom. The van der Waals surface area contributed by atoms with Gasteiger partial charge in [0.15, 0.2) is 5.78 Å². The van der Waals surface area contributed by atoms with Gasteiger partial charge >= 0.3 is 0 Å². The molecule has 18 heavy (non-hydrogen) atoms. The van der Waals surface area contributed by atoms with Crippen molar-refractivity contribution >= 4 is 32.6 Å². The molecule has 3 heteroatoms. The average Bonchev–Trinajstić information content (AvgIpc) is 2.37. The van der Waals surface area contributed by atoms with Gasteiger partial charge in [-0.2, -0.15) is 0 Å². The van der Waals surface area contributed by atoms with Gasteiger partial charge in [0.05, 0.1) is 5.52 Å². The summed E-state index contributed by atoms with van der Waals surface area (Å²) in [6, 6.07) is 9.70. The Hall–Kier alpha value is -1.48. The molecule has 0 aliphatic rings. The van der Waals surface area contributed by atoms with Crippen LogP contribution in [0.5, 0.6) is 0 Å². The number of hydrogen-bond acceptors (Lipinski definition) is 2. The molecule has 0 saturated heterocycles. The Bertz CT molecular complexity index is 619. The quantitative estimate of drug-likeness (QED) is 0.613. The molecule has 0 radical (unpaired) electrons. The lowest BCUT2D eigenvalue weighted by atomic mass is 10.1. The molecular formula is C15H14BrNO. The maximum absolute atomic E-state index is 12.1. The van der Waals surface area contributed by atoms with Crippen molar-refractivity contribution in [3.8, 4) is 0 Å². The summed E-state index contributed by atoms with van der Waals surface area (Å²) >= 11 is 3.42. The van der Waals surface area contributed by atoms with Crippen LogP contribution in [-0.4, -0.2) is 10.8 Å². The summed E-state index contributed by atoms with van der Waals surface area (Å²) in [5, 5.41) is 1.02. The fourth-order valence-corrected chi connectivity index (χ4v) is 2.28. The monoisotopic (exact) mass is 303 g/mol. The van der Waals surface area contributed by atoms with Crippen molar-refractivity contribution in [1.82, 2.24) is 4.98 Å². The molecule has 2 aromatic rings. The number of aromatic nitrogens is 1. The lowest BCUT2D eigenvalue weighted by Gasteiger charge is -2.06. The Morgan fingerprint density at radius 1 is 1.39 bits per heavy atom. The summed E-state index contributed by atoms with van der Waals surface area (Å²) in [6.45, 7) is 5.87. The number of nitrogens with zero attached hydrogens (tertiary/aromatic N) is 1. The number of Topliss-reactive ketones (excluding diaryl/α,β-unsaturated/α-hetero) is 1. The third-order valence-electron chi connectivity index (χ3n) is 2.85. The predicted molar refractivity (Wildman–Crippen MR) is 77.8 cm³/mol. The van der Waals surface area contributed by atoms with Crippen LogP contribution in [0.2, 0.25) is 0 Å². The van der Waals surface area contributed by atoms with Crippen LogP contribution in [-0.2, 0) is 0 Å². The van der Waals surface area contributed by atoms with Crippen molar-refractivity contribution in [2.75, 3.05) is 0 Å². The van der Waals surface area contributed by atoms with E-state index in [4.69, 9.17) is 0 Å². The molecule has 92 valence electrons. The van der Waals surface area contributed by atoms with Gasteiger partial charge in [0.1, 0.15) is 5.69 Å². The van der Waals surface area contributed by atoms with E-state index in [1.54, 1.807) is 0 Å². The summed E-state index contributed by atoms with van der Waals surface area (Å²) in [6.07, 6.45) is 1.18. The molecule has 0 fully saturated rings. The zero-order valence-electron chi connectivity index (χ0n) is 10.2. The summed E-state index contributed by atoms with van der Waals surface area (Å²) in [5.41, 5.74) is 2.26. The molecule has 2 nitrogen and oxygen atoms in total. The van der Waals surface area contributed by atoms with Crippen molar-refractivity contribution in [3.05, 3.63) is 52.7 Å². The summed E-state index contributed by atoms with van der Waals surface area (Å²) in [5.74, 6) is 0.0134. The Balaban J connectivity index is 2.41. The van der Waals surface area contributed by atoms with E-state index >= 15 is 0 Å². The maximum atomic E-state index is 12.1. The van der Waals surface area contributed by atoms with Crippen LogP contribution in [0, 0.1) is 0 Å². The van der Waals surface area contributed by atoms with E-state index in [0.29, 0.717) is 12.1 Å². The Kier molecular flexibility index (Phi) is 3.92. The van der Waals surface area contributed by atoms with Crippen LogP contribution < -0.4 is 0 Å². The van der Waals surface area contributed by atoms with Gasteiger partial charge < -0.3 is 0 Å². The number of carbonyl (C=O) groups excluding carboxylic acids is 1. The zero-order valence-corrected chi connectivity index (χ0v) is 11.8. The number of fused-ring (bicyclic) bond motifs is 1. The summed E-state index contributed by atoms with van der Waals surface area (Å²) in [4.78, 5) is 16.5. The number of ketones is 1. The van der Waals surface area contributed by atoms with Gasteiger partial charge in [0, 0.05) is 16.3 Å². The first-order valence-corrected chi connectivity index (χ1v) is 6.66. The van der Waals surface area contributed by atoms with E-state index in [-0.39, 0.29) is 5.78 Å². The van der Waals surface area contributed by atoms with Gasteiger partial charge in [0.2, 0.25) is 0 Å². The number of carbonyl (C=O) groups is 1. The van der Waals surface area contributed by atoms with Gasteiger partial charge in [-0.05, 0) is 34.5 Å². The number of pyridine rings is 1. The van der Waals surface area contributed by atoms with Crippen LogP contribution in [0.15, 0.2) is 47.0 Å². The lowest BCUT2D eigenvalue weighted by Crippen LogP contribution is -2.04. The molecule has 0 aliphatic carbocycles. The molecule has 2 rings (SSSR count). The highest BCUT2D eigenvalue weighted by Gasteiger charge is 2.13. The van der Waals surface area contributed by atoms with E-state index in [9.17, 15) is 4.79 Å². The van der Waals surface area contributed by atoms with E-state index in [1.165, 1.54) is 0 Å². The molecule has 0 bridgehead atoms. The Morgan fingerprint density at radius 3 is 2.83 bits per heavy atom. The fraction of sp³-hybridized carbons (Fsp3) is 0.200. The smallest absolute Gasteiger partial charge is 0.186 e. The van der Waals surface area contributed by atoms with Crippen molar-refractivity contribution < 1.29 is 4.79 Å². The highest BCUT2D eigenvalue weighted by atomic mass is 79.9. The minimum Gasteiger partial charge on any atom is -0.292 e. The number of hydrogen-bond donors (Lipinski definition) is 0. The number of allylic oxidation sites excluding steroid dienone is 1. The third-order valence-corrected chi connectivity index (χ3v) is 3.46. The van der Waals surface area contributed by atoms with Gasteiger partial charge in [0.25, 0.3) is 0 Å². The van der Waals surface area contributed by atoms with Gasteiger partial charge in [-0.3, -0.25) is 4.79 Å². The predicted octanol–water partition coefficient (Wildman–Crippen LogP) is 4.54. The largest absolute Gasteiger partial charge is 0.292 e. The van der Waals surface area contributed by atoms with Crippen LogP contribution in [0.25, 0.3) is 10.9 Å². The van der Waals surface area contributed by atoms with E-state index in [1.807, 2.05) is 37.3 Å². The highest BCUT2D eigenvalue weighted by molar-refractivity contribution is 9.10. The molecular weight excluding hydrogens is 290 g/mol. The highest BCUT2D eigenvalue weighted by Crippen LogP contribution is 2.23. The molecule has 0 aliphatic heterocycles. The second-order valence-electron chi connectivity index (χ2n) is 4.22. The van der Waals surface area contributed by atoms with Gasteiger partial charge in [-0.15, -0.1) is 0 Å². The van der Waals surface area contributed by atoms with Crippen molar-refractivity contribution in [1.29, 1.82) is 0 Å². The molecule has 0 saturated carbocycles. The molecule has 1 aromatic carbocycles. The van der Waals surface area contributed by atoms with E-state index in [0.717, 1.165) is 27.4 Å². The SMILES string of the molecule is C=C(CC)CC(=O)c1nc2ccccc2cc1Br. The van der Waals surface area contributed by atoms with Crippen molar-refractivity contribution in [2.24, 2.45) is 0 Å². The molecule has 0 amide bonds. The first kappa shape index (κ1) is 13.0. The third kappa shape index (κ3) is 2.67. The van der Waals surface area contributed by atoms with Crippen LogP contribution >= 0.6 is 15.9 Å². The second kappa shape index (κ2) is 5.44. The molecule has 0 unspecified atom stereocenters. The number of halogens is 1. The lowest BCUT2D eigenvalue weighted by molar-refractivity contribution is 0.0987. The van der Waals surface area contributed by atoms with Gasteiger partial charge in [-0.1, -0.05) is 37.3 Å². The number of rotatable bonds is 4. The number of benzene rings is 1. The first-order valence-electron chi connectivity index (χ1n) is 5.87. The average molecular weight is 304 g/mol. The van der Waals surface area contributed by atoms with Crippen LogP contribution in [0.1, 0.15) is 30.3 Å². The zero-order chi connectivity index (χ0) is 13.1. The molecule has 0 N–H and O–H groups in total. The topological polar surface area (TPSA) is 30.0 Å². The maximum Gasteiger partial charge on any atom is 0.186 e. The molecule has 0 atom stereocenters. The standard InChI is InChI=1S/C15H14BrNO/c1-3-10(2)8-14(18)15-12(16)9-11-6-4-5-7-13(11)17-15/h4-7,9H,2-3,8H2,1H3. The second-order valence-corrected chi connectivity index (χ2v) is 5.07. The first-order chi connectivity index (χ1) is 8.61. The van der Waals surface area contributed by atoms with Crippen LogP contribution in [0.3, 0.4) is 0 Å². The van der Waals surface area contributed by atoms with Crippen LogP contribution in [0.4, 0.5) is 0 Å². The minimum atomic E-state index is 0.0134. The molecule has 1 aromatic heterocycles. The normalized spacial score (nSPS) is 10.6. The minimum absolute atomic E-state index is 0.0134. The van der Waals surface area contributed by atoms with E-state index < -0.39 is 0 Å². The van der Waals surface area contributed by atoms with Crippen molar-refractivity contribution in [3.63, 3.8) is 0 Å². The van der Waals surface area contributed by atoms with E-state index in [2.05, 4.69) is 27.5 Å². The number of para-hydroxylation sites is 1. The van der Waals surface area contributed by atoms with Gasteiger partial charge in [-0.25, -0.2) is 4.98 Å². The van der Waals surface area contributed by atoms with Crippen molar-refractivity contribution in [2.45, 2.75) is 19.8 Å². The Labute approximate surface area is 115 Å².